The molecule has 28 heavy (non-hydrogen) atoms. The van der Waals surface area contributed by atoms with E-state index in [4.69, 9.17) is 4.74 Å². The molecule has 1 fully saturated rings. The summed E-state index contributed by atoms with van der Waals surface area (Å²) in [6.07, 6.45) is 5.93. The predicted octanol–water partition coefficient (Wildman–Crippen LogP) is 5.63. The molecule has 1 aliphatic carbocycles. The maximum Gasteiger partial charge on any atom is 0.140 e. The Morgan fingerprint density at radius 3 is 2.79 bits per heavy atom. The summed E-state index contributed by atoms with van der Waals surface area (Å²) < 4.78 is 5.84. The van der Waals surface area contributed by atoms with Crippen molar-refractivity contribution in [2.45, 2.75) is 77.7 Å². The standard InChI is InChI=1S/C24H37O3.Y/c1-5-7-15-27-17-20-12-9-13-21(25)22(20)18-10-8-11-19(16-18)23(26)24(3,4)14-6-2;/h8,10-11,16,20,22-23,26H,1,5-7,9,12-15,17H2,2-4H3;/q-1;. The number of rotatable bonds is 10. The van der Waals surface area contributed by atoms with Gasteiger partial charge in [-0.2, -0.15) is 6.42 Å². The quantitative estimate of drug-likeness (QED) is 0.362. The Morgan fingerprint density at radius 1 is 1.36 bits per heavy atom. The Kier molecular flexibility index (Phi) is 11.7. The molecule has 1 aliphatic rings. The minimum Gasteiger partial charge on any atom is -0.388 e. The van der Waals surface area contributed by atoms with E-state index >= 15 is 0 Å². The Balaban J connectivity index is 0.00000392. The van der Waals surface area contributed by atoms with Crippen molar-refractivity contribution in [1.82, 2.24) is 0 Å². The Labute approximate surface area is 196 Å². The van der Waals surface area contributed by atoms with E-state index in [-0.39, 0.29) is 50.0 Å². The molecule has 1 radical (unpaired) electrons. The zero-order valence-corrected chi connectivity index (χ0v) is 20.8. The monoisotopic (exact) mass is 462 g/mol. The van der Waals surface area contributed by atoms with Crippen LogP contribution in [-0.4, -0.2) is 24.1 Å². The Bertz CT molecular complexity index is 599. The largest absolute Gasteiger partial charge is 0.388 e. The number of ether oxygens (including phenoxy) is 1. The van der Waals surface area contributed by atoms with Crippen molar-refractivity contribution in [2.24, 2.45) is 11.3 Å². The molecule has 3 unspecified atom stereocenters. The van der Waals surface area contributed by atoms with Crippen molar-refractivity contribution in [1.29, 1.82) is 0 Å². The summed E-state index contributed by atoms with van der Waals surface area (Å²) in [5.41, 5.74) is 1.77. The summed E-state index contributed by atoms with van der Waals surface area (Å²) in [6.45, 7) is 11.6. The molecule has 3 atom stereocenters. The molecule has 155 valence electrons. The van der Waals surface area contributed by atoms with Gasteiger partial charge in [-0.25, -0.2) is 0 Å². The van der Waals surface area contributed by atoms with Gasteiger partial charge in [-0.1, -0.05) is 57.9 Å². The number of unbranched alkanes of at least 4 members (excludes halogenated alkanes) is 1. The first-order chi connectivity index (χ1) is 12.9. The van der Waals surface area contributed by atoms with Crippen LogP contribution in [0.1, 0.15) is 88.9 Å². The van der Waals surface area contributed by atoms with Crippen LogP contribution in [-0.2, 0) is 42.2 Å². The molecule has 1 aromatic rings. The van der Waals surface area contributed by atoms with Crippen molar-refractivity contribution in [3.8, 4) is 0 Å². The minimum absolute atomic E-state index is 0. The van der Waals surface area contributed by atoms with Crippen LogP contribution in [0.2, 0.25) is 0 Å². The summed E-state index contributed by atoms with van der Waals surface area (Å²) >= 11 is 0. The summed E-state index contributed by atoms with van der Waals surface area (Å²) in [7, 11) is 0. The molecule has 1 saturated carbocycles. The van der Waals surface area contributed by atoms with Gasteiger partial charge < -0.3 is 16.8 Å². The first kappa shape index (κ1) is 25.9. The fourth-order valence-electron chi connectivity index (χ4n) is 4.35. The molecule has 0 amide bonds. The number of carbonyl (C=O) groups is 1. The molecule has 1 N–H and O–H groups in total. The Morgan fingerprint density at radius 2 is 2.11 bits per heavy atom. The SMILES string of the molecule is [CH2-]CCCOCC1CCCC(=O)C1c1cccc(C(O)C(C)(C)CCC)c1.[Y]. The van der Waals surface area contributed by atoms with Gasteiger partial charge in [-0.05, 0) is 41.7 Å². The maximum atomic E-state index is 12.7. The molecular weight excluding hydrogens is 425 g/mol. The van der Waals surface area contributed by atoms with Crippen LogP contribution in [0.4, 0.5) is 0 Å². The molecule has 0 spiro atoms. The van der Waals surface area contributed by atoms with Crippen LogP contribution < -0.4 is 0 Å². The van der Waals surface area contributed by atoms with Gasteiger partial charge in [-0.15, -0.1) is 0 Å². The number of hydrogen-bond donors (Lipinski definition) is 1. The molecule has 0 heterocycles. The molecule has 4 heteroatoms. The number of carbonyl (C=O) groups excluding carboxylic acids is 1. The van der Waals surface area contributed by atoms with Crippen LogP contribution in [0.25, 0.3) is 0 Å². The first-order valence-electron chi connectivity index (χ1n) is 10.6. The van der Waals surface area contributed by atoms with E-state index in [0.29, 0.717) is 25.4 Å². The zero-order valence-electron chi connectivity index (χ0n) is 18.0. The predicted molar refractivity (Wildman–Crippen MR) is 111 cm³/mol. The third-order valence-electron chi connectivity index (χ3n) is 5.91. The summed E-state index contributed by atoms with van der Waals surface area (Å²) in [6, 6.07) is 8.07. The van der Waals surface area contributed by atoms with Crippen molar-refractivity contribution in [3.05, 3.63) is 42.3 Å². The molecule has 0 aliphatic heterocycles. The number of aliphatic hydroxyl groups is 1. The van der Waals surface area contributed by atoms with E-state index in [0.717, 1.165) is 49.7 Å². The van der Waals surface area contributed by atoms with Gasteiger partial charge in [0, 0.05) is 51.7 Å². The summed E-state index contributed by atoms with van der Waals surface area (Å²) in [5.74, 6) is 0.429. The normalized spacial score (nSPS) is 21.2. The van der Waals surface area contributed by atoms with E-state index in [1.54, 1.807) is 0 Å². The fraction of sp³-hybridized carbons (Fsp3) is 0.667. The van der Waals surface area contributed by atoms with Crippen LogP contribution in [0.3, 0.4) is 0 Å². The Hall–Kier alpha value is -0.0861. The summed E-state index contributed by atoms with van der Waals surface area (Å²) in [5, 5.41) is 10.9. The van der Waals surface area contributed by atoms with E-state index in [1.165, 1.54) is 0 Å². The summed E-state index contributed by atoms with van der Waals surface area (Å²) in [4.78, 5) is 12.7. The molecule has 0 aromatic heterocycles. The first-order valence-corrected chi connectivity index (χ1v) is 10.6. The van der Waals surface area contributed by atoms with Gasteiger partial charge >= 0.3 is 0 Å². The van der Waals surface area contributed by atoms with Crippen LogP contribution in [0.15, 0.2) is 24.3 Å². The van der Waals surface area contributed by atoms with Crippen molar-refractivity contribution in [3.63, 3.8) is 0 Å². The number of aliphatic hydroxyl groups excluding tert-OH is 1. The van der Waals surface area contributed by atoms with Gasteiger partial charge in [0.2, 0.25) is 0 Å². The maximum absolute atomic E-state index is 12.7. The fourth-order valence-corrected chi connectivity index (χ4v) is 4.35. The van der Waals surface area contributed by atoms with E-state index in [2.05, 4.69) is 33.8 Å². The van der Waals surface area contributed by atoms with Crippen molar-refractivity contribution in [2.75, 3.05) is 13.2 Å². The van der Waals surface area contributed by atoms with E-state index < -0.39 is 6.10 Å². The molecule has 0 bridgehead atoms. The zero-order chi connectivity index (χ0) is 19.9. The van der Waals surface area contributed by atoms with Crippen molar-refractivity contribution < 1.29 is 47.3 Å². The molecular formula is C24H37O3Y-. The third kappa shape index (κ3) is 7.01. The average molecular weight is 462 g/mol. The second-order valence-electron chi connectivity index (χ2n) is 8.69. The van der Waals surface area contributed by atoms with Gasteiger partial charge in [0.1, 0.15) is 5.78 Å². The van der Waals surface area contributed by atoms with E-state index in [9.17, 15) is 9.90 Å². The van der Waals surface area contributed by atoms with Gasteiger partial charge in [0.05, 0.1) is 12.7 Å². The molecule has 3 nitrogen and oxygen atoms in total. The number of hydrogen-bond acceptors (Lipinski definition) is 3. The third-order valence-corrected chi connectivity index (χ3v) is 5.91. The van der Waals surface area contributed by atoms with E-state index in [1.807, 2.05) is 18.2 Å². The molecule has 2 rings (SSSR count). The average Bonchev–Trinajstić information content (AvgIpc) is 2.65. The van der Waals surface area contributed by atoms with Gasteiger partial charge in [-0.3, -0.25) is 4.79 Å². The minimum atomic E-state index is -0.525. The molecule has 1 aromatic carbocycles. The molecule has 0 saturated heterocycles. The van der Waals surface area contributed by atoms with Crippen LogP contribution in [0.5, 0.6) is 0 Å². The number of benzene rings is 1. The number of ketones is 1. The second-order valence-corrected chi connectivity index (χ2v) is 8.69. The van der Waals surface area contributed by atoms with Crippen LogP contribution >= 0.6 is 0 Å². The topological polar surface area (TPSA) is 46.5 Å². The van der Waals surface area contributed by atoms with Gasteiger partial charge in [0.25, 0.3) is 0 Å². The van der Waals surface area contributed by atoms with Crippen LogP contribution in [0, 0.1) is 18.3 Å². The number of Topliss-reactive ketones (excluding diaryl/α,β-unsaturated/α-hetero) is 1. The second kappa shape index (κ2) is 12.6. The van der Waals surface area contributed by atoms with Gasteiger partial charge in [0.15, 0.2) is 0 Å². The van der Waals surface area contributed by atoms with Crippen molar-refractivity contribution >= 4 is 5.78 Å². The smallest absolute Gasteiger partial charge is 0.140 e.